The molecule has 11 nitrogen and oxygen atoms in total. The van der Waals surface area contributed by atoms with E-state index in [1.807, 2.05) is 54.4 Å². The largest absolute Gasteiger partial charge is 0.477 e. The molecule has 6 rings (SSSR count). The predicted octanol–water partition coefficient (Wildman–Crippen LogP) is 3.81. The van der Waals surface area contributed by atoms with Gasteiger partial charge in [0.05, 0.1) is 23.5 Å². The number of carbonyl (C=O) groups is 2. The van der Waals surface area contributed by atoms with E-state index in [1.165, 1.54) is 6.07 Å². The van der Waals surface area contributed by atoms with E-state index in [9.17, 15) is 19.8 Å². The van der Waals surface area contributed by atoms with Gasteiger partial charge < -0.3 is 25.3 Å². The second-order valence-electron chi connectivity index (χ2n) is 12.0. The summed E-state index contributed by atoms with van der Waals surface area (Å²) in [5.74, 6) is -0.351. The van der Waals surface area contributed by atoms with Crippen LogP contribution in [0.4, 0.5) is 11.5 Å². The number of aliphatic hydroxyl groups is 1. The molecule has 0 bridgehead atoms. The number of hydrogen-bond acceptors (Lipinski definition) is 8. The van der Waals surface area contributed by atoms with Crippen LogP contribution in [0.2, 0.25) is 0 Å². The maximum Gasteiger partial charge on any atom is 0.354 e. The number of hydrogen-bond donors (Lipinski definition) is 3. The summed E-state index contributed by atoms with van der Waals surface area (Å²) in [6.07, 6.45) is 3.53. The number of carboxylic acid groups (broad SMARTS) is 1. The molecular weight excluding hydrogens is 546 g/mol. The number of aryl methyl sites for hydroxylation is 1. The van der Waals surface area contributed by atoms with Gasteiger partial charge in [-0.15, -0.1) is 5.10 Å². The fourth-order valence-corrected chi connectivity index (χ4v) is 5.77. The number of benzene rings is 1. The number of pyridine rings is 2. The Hall–Kier alpha value is -4.51. The molecule has 226 valence electrons. The highest BCUT2D eigenvalue weighted by Gasteiger charge is 2.42. The van der Waals surface area contributed by atoms with Crippen LogP contribution in [0.25, 0.3) is 5.65 Å². The van der Waals surface area contributed by atoms with Crippen LogP contribution in [-0.4, -0.2) is 79.0 Å². The molecule has 2 fully saturated rings. The SMILES string of the molecule is Cc1cc(N2CCC(C)C2)cn2nc(C(=O)NC3CC(C(C)(C)O)N(c4cccc(C(=O)O)n4)C3)nc12.c1ccccc1. The van der Waals surface area contributed by atoms with Crippen molar-refractivity contribution in [3.8, 4) is 0 Å². The zero-order chi connectivity index (χ0) is 30.7. The average molecular weight is 586 g/mol. The molecule has 43 heavy (non-hydrogen) atoms. The molecule has 2 aliphatic heterocycles. The molecule has 3 unspecified atom stereocenters. The minimum atomic E-state index is -1.12. The average Bonchev–Trinajstić information content (AvgIpc) is 3.73. The van der Waals surface area contributed by atoms with Gasteiger partial charge in [0.2, 0.25) is 5.82 Å². The Morgan fingerprint density at radius 2 is 1.72 bits per heavy atom. The van der Waals surface area contributed by atoms with Gasteiger partial charge in [-0.25, -0.2) is 19.3 Å². The van der Waals surface area contributed by atoms with E-state index in [4.69, 9.17) is 0 Å². The summed E-state index contributed by atoms with van der Waals surface area (Å²) in [7, 11) is 0. The Morgan fingerprint density at radius 3 is 2.33 bits per heavy atom. The predicted molar refractivity (Wildman–Crippen MR) is 165 cm³/mol. The molecule has 0 radical (unpaired) electrons. The van der Waals surface area contributed by atoms with Crippen molar-refractivity contribution in [1.29, 1.82) is 0 Å². The van der Waals surface area contributed by atoms with E-state index in [0.717, 1.165) is 30.8 Å². The van der Waals surface area contributed by atoms with Crippen molar-refractivity contribution in [3.63, 3.8) is 0 Å². The molecular formula is C32H39N7O4. The van der Waals surface area contributed by atoms with Crippen molar-refractivity contribution in [2.24, 2.45) is 5.92 Å². The molecule has 2 aliphatic rings. The summed E-state index contributed by atoms with van der Waals surface area (Å²) >= 11 is 0. The van der Waals surface area contributed by atoms with Gasteiger partial charge in [0, 0.05) is 25.7 Å². The number of carboxylic acids is 1. The standard InChI is InChI=1S/C26H33N7O4.C6H6/c1-15-8-9-31(12-15)18-10-16(2)23-29-22(30-33(23)14-18)24(34)27-17-11-20(26(3,4)37)32(13-17)21-7-5-6-19(28-21)25(35)36;1-2-4-6-5-3-1/h5-7,10,14-15,17,20,37H,8-9,11-13H2,1-4H3,(H,27,34)(H,35,36);1-6H. The molecule has 1 aromatic carbocycles. The van der Waals surface area contributed by atoms with Crippen LogP contribution in [0.1, 0.15) is 60.3 Å². The van der Waals surface area contributed by atoms with Gasteiger partial charge in [-0.3, -0.25) is 4.79 Å². The first-order valence-electron chi connectivity index (χ1n) is 14.6. The van der Waals surface area contributed by atoms with Gasteiger partial charge in [0.25, 0.3) is 5.91 Å². The lowest BCUT2D eigenvalue weighted by atomic mass is 9.95. The molecule has 3 N–H and O–H groups in total. The first-order valence-corrected chi connectivity index (χ1v) is 14.6. The zero-order valence-electron chi connectivity index (χ0n) is 25.0. The van der Waals surface area contributed by atoms with Crippen LogP contribution >= 0.6 is 0 Å². The molecule has 0 saturated carbocycles. The topological polar surface area (TPSA) is 136 Å². The third-order valence-electron chi connectivity index (χ3n) is 7.96. The molecule has 1 amide bonds. The van der Waals surface area contributed by atoms with Crippen molar-refractivity contribution < 1.29 is 19.8 Å². The highest BCUT2D eigenvalue weighted by Crippen LogP contribution is 2.31. The molecule has 0 aliphatic carbocycles. The maximum absolute atomic E-state index is 13.2. The first-order chi connectivity index (χ1) is 20.5. The van der Waals surface area contributed by atoms with Gasteiger partial charge in [0.15, 0.2) is 11.3 Å². The van der Waals surface area contributed by atoms with Crippen LogP contribution in [-0.2, 0) is 0 Å². The van der Waals surface area contributed by atoms with Gasteiger partial charge >= 0.3 is 5.97 Å². The summed E-state index contributed by atoms with van der Waals surface area (Å²) in [6, 6.07) is 18.2. The minimum absolute atomic E-state index is 0.0773. The van der Waals surface area contributed by atoms with E-state index >= 15 is 0 Å². The molecule has 11 heteroatoms. The number of anilines is 2. The summed E-state index contributed by atoms with van der Waals surface area (Å²) in [5, 5.41) is 27.6. The Morgan fingerprint density at radius 1 is 1.02 bits per heavy atom. The van der Waals surface area contributed by atoms with Crippen LogP contribution in [0.3, 0.4) is 0 Å². The van der Waals surface area contributed by atoms with Crippen LogP contribution in [0.15, 0.2) is 66.9 Å². The molecule has 0 spiro atoms. The van der Waals surface area contributed by atoms with Gasteiger partial charge in [-0.2, -0.15) is 0 Å². The highest BCUT2D eigenvalue weighted by atomic mass is 16.4. The van der Waals surface area contributed by atoms with Gasteiger partial charge in [-0.05, 0) is 63.3 Å². The number of fused-ring (bicyclic) bond motifs is 1. The Balaban J connectivity index is 0.000000548. The van der Waals surface area contributed by atoms with Crippen molar-refractivity contribution in [2.75, 3.05) is 29.4 Å². The summed E-state index contributed by atoms with van der Waals surface area (Å²) in [6.45, 7) is 9.96. The molecule has 2 saturated heterocycles. The number of aromatic nitrogens is 4. The summed E-state index contributed by atoms with van der Waals surface area (Å²) < 4.78 is 1.67. The smallest absolute Gasteiger partial charge is 0.354 e. The fraction of sp³-hybridized carbons (Fsp3) is 0.406. The van der Waals surface area contributed by atoms with Crippen LogP contribution < -0.4 is 15.1 Å². The van der Waals surface area contributed by atoms with E-state index in [2.05, 4.69) is 38.3 Å². The number of rotatable bonds is 6. The maximum atomic E-state index is 13.2. The lowest BCUT2D eigenvalue weighted by molar-refractivity contribution is 0.0520. The summed E-state index contributed by atoms with van der Waals surface area (Å²) in [4.78, 5) is 37.5. The number of aromatic carboxylic acids is 1. The molecule has 4 aromatic rings. The molecule has 3 atom stereocenters. The molecule has 5 heterocycles. The third kappa shape index (κ3) is 6.94. The monoisotopic (exact) mass is 585 g/mol. The lowest BCUT2D eigenvalue weighted by Gasteiger charge is -2.34. The second kappa shape index (κ2) is 12.4. The Kier molecular flexibility index (Phi) is 8.63. The van der Waals surface area contributed by atoms with Gasteiger partial charge in [0.1, 0.15) is 5.82 Å². The number of nitrogens with one attached hydrogen (secondary N) is 1. The quantitative estimate of drug-likeness (QED) is 0.309. The van der Waals surface area contributed by atoms with Crippen LogP contribution in [0, 0.1) is 12.8 Å². The number of amides is 1. The zero-order valence-corrected chi connectivity index (χ0v) is 25.0. The van der Waals surface area contributed by atoms with E-state index in [1.54, 1.807) is 30.5 Å². The number of nitrogens with zero attached hydrogens (tertiary/aromatic N) is 6. The van der Waals surface area contributed by atoms with Crippen molar-refractivity contribution in [1.82, 2.24) is 24.9 Å². The Labute approximate surface area is 251 Å². The fourth-order valence-electron chi connectivity index (χ4n) is 5.77. The van der Waals surface area contributed by atoms with E-state index in [0.29, 0.717) is 30.3 Å². The van der Waals surface area contributed by atoms with Crippen LogP contribution in [0.5, 0.6) is 0 Å². The molecule has 3 aromatic heterocycles. The normalized spacial score (nSPS) is 20.2. The number of carbonyl (C=O) groups excluding carboxylic acids is 1. The minimum Gasteiger partial charge on any atom is -0.477 e. The summed E-state index contributed by atoms with van der Waals surface area (Å²) in [5.41, 5.74) is 1.47. The first kappa shape index (κ1) is 30.0. The second-order valence-corrected chi connectivity index (χ2v) is 12.0. The van der Waals surface area contributed by atoms with E-state index < -0.39 is 17.5 Å². The van der Waals surface area contributed by atoms with Crippen molar-refractivity contribution >= 4 is 29.0 Å². The van der Waals surface area contributed by atoms with Gasteiger partial charge in [-0.1, -0.05) is 49.4 Å². The highest BCUT2D eigenvalue weighted by molar-refractivity contribution is 5.91. The van der Waals surface area contributed by atoms with Crippen molar-refractivity contribution in [2.45, 2.75) is 58.2 Å². The third-order valence-corrected chi connectivity index (χ3v) is 7.96. The Bertz CT molecular complexity index is 1560. The van der Waals surface area contributed by atoms with Crippen molar-refractivity contribution in [3.05, 3.63) is 83.9 Å². The van der Waals surface area contributed by atoms with E-state index in [-0.39, 0.29) is 23.6 Å². The lowest BCUT2D eigenvalue weighted by Crippen LogP contribution is -2.46.